The summed E-state index contributed by atoms with van der Waals surface area (Å²) in [6, 6.07) is 17.7. The molecular formula is C19H23ClN2O2. The van der Waals surface area contributed by atoms with Gasteiger partial charge in [0.2, 0.25) is 0 Å². The molecule has 2 aromatic rings. The molecule has 1 heterocycles. The van der Waals surface area contributed by atoms with Gasteiger partial charge in [0.25, 0.3) is 5.91 Å². The Bertz CT molecular complexity index is 640. The molecule has 0 aromatic heterocycles. The monoisotopic (exact) mass is 346 g/mol. The normalized spacial score (nSPS) is 16.3. The van der Waals surface area contributed by atoms with Crippen molar-refractivity contribution >= 4 is 18.3 Å². The molecule has 0 radical (unpaired) electrons. The van der Waals surface area contributed by atoms with Crippen LogP contribution < -0.4 is 10.1 Å². The molecular weight excluding hydrogens is 324 g/mol. The van der Waals surface area contributed by atoms with Crippen molar-refractivity contribution in [3.63, 3.8) is 0 Å². The van der Waals surface area contributed by atoms with Crippen molar-refractivity contribution in [2.24, 2.45) is 0 Å². The van der Waals surface area contributed by atoms with Gasteiger partial charge in [0, 0.05) is 25.2 Å². The predicted octanol–water partition coefficient (Wildman–Crippen LogP) is 3.12. The highest BCUT2D eigenvalue weighted by molar-refractivity contribution is 5.94. The number of hydrogen-bond acceptors (Lipinski definition) is 3. The Morgan fingerprint density at radius 1 is 1.17 bits per heavy atom. The molecule has 0 aliphatic carbocycles. The van der Waals surface area contributed by atoms with Crippen LogP contribution in [0, 0.1) is 0 Å². The van der Waals surface area contributed by atoms with Crippen LogP contribution in [0.3, 0.4) is 0 Å². The SMILES string of the molecule is CN(C(=O)c1ccc(OCc2ccccc2)cc1)[C@@H]1CCNC1.Cl. The molecule has 1 atom stereocenters. The smallest absolute Gasteiger partial charge is 0.253 e. The Labute approximate surface area is 149 Å². The van der Waals surface area contributed by atoms with Gasteiger partial charge in [0.05, 0.1) is 0 Å². The van der Waals surface area contributed by atoms with Crippen LogP contribution in [-0.2, 0) is 6.61 Å². The number of ether oxygens (including phenoxy) is 1. The van der Waals surface area contributed by atoms with Gasteiger partial charge >= 0.3 is 0 Å². The lowest BCUT2D eigenvalue weighted by atomic mass is 10.1. The lowest BCUT2D eigenvalue weighted by Gasteiger charge is -2.23. The lowest BCUT2D eigenvalue weighted by Crippen LogP contribution is -2.38. The Hall–Kier alpha value is -2.04. The summed E-state index contributed by atoms with van der Waals surface area (Å²) in [4.78, 5) is 14.3. The van der Waals surface area contributed by atoms with Gasteiger partial charge in [-0.15, -0.1) is 12.4 Å². The first kappa shape index (κ1) is 18.3. The summed E-state index contributed by atoms with van der Waals surface area (Å²) >= 11 is 0. The first-order chi connectivity index (χ1) is 11.2. The van der Waals surface area contributed by atoms with Gasteiger partial charge in [0.15, 0.2) is 0 Å². The van der Waals surface area contributed by atoms with Gasteiger partial charge in [0.1, 0.15) is 12.4 Å². The first-order valence-corrected chi connectivity index (χ1v) is 7.99. The zero-order valence-corrected chi connectivity index (χ0v) is 14.6. The summed E-state index contributed by atoms with van der Waals surface area (Å²) in [5.74, 6) is 0.837. The minimum atomic E-state index is 0. The van der Waals surface area contributed by atoms with E-state index >= 15 is 0 Å². The molecule has 5 heteroatoms. The van der Waals surface area contributed by atoms with Crippen LogP contribution in [0.15, 0.2) is 54.6 Å². The average molecular weight is 347 g/mol. The maximum Gasteiger partial charge on any atom is 0.253 e. The number of amides is 1. The van der Waals surface area contributed by atoms with E-state index in [1.165, 1.54) is 0 Å². The summed E-state index contributed by atoms with van der Waals surface area (Å²) in [6.07, 6.45) is 1.01. The first-order valence-electron chi connectivity index (χ1n) is 7.99. The van der Waals surface area contributed by atoms with E-state index in [0.717, 1.165) is 30.8 Å². The number of halogens is 1. The van der Waals surface area contributed by atoms with Gasteiger partial charge in [-0.05, 0) is 42.8 Å². The number of hydrogen-bond donors (Lipinski definition) is 1. The second-order valence-electron chi connectivity index (χ2n) is 5.86. The fourth-order valence-electron chi connectivity index (χ4n) is 2.77. The number of likely N-dealkylation sites (N-methyl/N-ethyl adjacent to an activating group) is 1. The van der Waals surface area contributed by atoms with Gasteiger partial charge in [-0.3, -0.25) is 4.79 Å². The summed E-state index contributed by atoms with van der Waals surface area (Å²) in [5, 5.41) is 3.29. The third-order valence-electron chi connectivity index (χ3n) is 4.25. The molecule has 1 amide bonds. The zero-order valence-electron chi connectivity index (χ0n) is 13.8. The summed E-state index contributed by atoms with van der Waals surface area (Å²) in [5.41, 5.74) is 1.83. The number of rotatable bonds is 5. The van der Waals surface area contributed by atoms with Crippen molar-refractivity contribution in [1.82, 2.24) is 10.2 Å². The van der Waals surface area contributed by atoms with Crippen LogP contribution in [0.2, 0.25) is 0 Å². The maximum atomic E-state index is 12.5. The van der Waals surface area contributed by atoms with Crippen LogP contribution in [0.1, 0.15) is 22.3 Å². The molecule has 3 rings (SSSR count). The van der Waals surface area contributed by atoms with Gasteiger partial charge < -0.3 is 15.0 Å². The molecule has 0 bridgehead atoms. The Kier molecular flexibility index (Phi) is 6.64. The largest absolute Gasteiger partial charge is 0.489 e. The van der Waals surface area contributed by atoms with Crippen LogP contribution in [0.4, 0.5) is 0 Å². The summed E-state index contributed by atoms with van der Waals surface area (Å²) < 4.78 is 5.75. The van der Waals surface area contributed by atoms with E-state index in [1.807, 2.05) is 66.5 Å². The second kappa shape index (κ2) is 8.71. The molecule has 2 aromatic carbocycles. The van der Waals surface area contributed by atoms with Crippen LogP contribution in [0.5, 0.6) is 5.75 Å². The summed E-state index contributed by atoms with van der Waals surface area (Å²) in [6.45, 7) is 2.39. The average Bonchev–Trinajstić information content (AvgIpc) is 3.15. The van der Waals surface area contributed by atoms with Gasteiger partial charge in [-0.2, -0.15) is 0 Å². The topological polar surface area (TPSA) is 41.6 Å². The van der Waals surface area contributed by atoms with Gasteiger partial charge in [-0.1, -0.05) is 30.3 Å². The van der Waals surface area contributed by atoms with Crippen molar-refractivity contribution in [3.8, 4) is 5.75 Å². The molecule has 128 valence electrons. The minimum absolute atomic E-state index is 0. The van der Waals surface area contributed by atoms with Crippen molar-refractivity contribution in [1.29, 1.82) is 0 Å². The van der Waals surface area contributed by atoms with E-state index in [9.17, 15) is 4.79 Å². The molecule has 1 saturated heterocycles. The van der Waals surface area contributed by atoms with Crippen molar-refractivity contribution in [2.45, 2.75) is 19.1 Å². The number of benzene rings is 2. The molecule has 0 unspecified atom stereocenters. The van der Waals surface area contributed by atoms with E-state index in [1.54, 1.807) is 0 Å². The highest BCUT2D eigenvalue weighted by atomic mass is 35.5. The number of nitrogens with one attached hydrogen (secondary N) is 1. The summed E-state index contributed by atoms with van der Waals surface area (Å²) in [7, 11) is 1.87. The third-order valence-corrected chi connectivity index (χ3v) is 4.25. The lowest BCUT2D eigenvalue weighted by molar-refractivity contribution is 0.0743. The van der Waals surface area contributed by atoms with E-state index in [2.05, 4.69) is 5.32 Å². The molecule has 4 nitrogen and oxygen atoms in total. The van der Waals surface area contributed by atoms with Crippen LogP contribution in [-0.4, -0.2) is 37.0 Å². The van der Waals surface area contributed by atoms with E-state index in [4.69, 9.17) is 4.74 Å². The standard InChI is InChI=1S/C19H22N2O2.ClH/c1-21(17-11-12-20-13-17)19(22)16-7-9-18(10-8-16)23-14-15-5-3-2-4-6-15;/h2-10,17,20H,11-14H2,1H3;1H/t17-;/m1./s1. The van der Waals surface area contributed by atoms with Gasteiger partial charge in [-0.25, -0.2) is 0 Å². The second-order valence-corrected chi connectivity index (χ2v) is 5.86. The van der Waals surface area contributed by atoms with Crippen molar-refractivity contribution in [3.05, 3.63) is 65.7 Å². The number of carbonyl (C=O) groups is 1. The quantitative estimate of drug-likeness (QED) is 0.904. The predicted molar refractivity (Wildman–Crippen MR) is 97.8 cm³/mol. The molecule has 0 saturated carbocycles. The molecule has 1 aliphatic heterocycles. The number of nitrogens with zero attached hydrogens (tertiary/aromatic N) is 1. The maximum absolute atomic E-state index is 12.5. The fourth-order valence-corrected chi connectivity index (χ4v) is 2.77. The third kappa shape index (κ3) is 4.49. The van der Waals surface area contributed by atoms with E-state index in [0.29, 0.717) is 12.2 Å². The highest BCUT2D eigenvalue weighted by Gasteiger charge is 2.23. The van der Waals surface area contributed by atoms with E-state index < -0.39 is 0 Å². The van der Waals surface area contributed by atoms with E-state index in [-0.39, 0.29) is 24.4 Å². The molecule has 0 spiro atoms. The van der Waals surface area contributed by atoms with Crippen molar-refractivity contribution < 1.29 is 9.53 Å². The zero-order chi connectivity index (χ0) is 16.1. The van der Waals surface area contributed by atoms with Crippen LogP contribution in [0.25, 0.3) is 0 Å². The van der Waals surface area contributed by atoms with Crippen molar-refractivity contribution in [2.75, 3.05) is 20.1 Å². The Morgan fingerprint density at radius 3 is 2.50 bits per heavy atom. The molecule has 1 aliphatic rings. The van der Waals surface area contributed by atoms with Crippen LogP contribution >= 0.6 is 12.4 Å². The minimum Gasteiger partial charge on any atom is -0.489 e. The Balaban J connectivity index is 0.00000208. The number of carbonyl (C=O) groups excluding carboxylic acids is 1. The highest BCUT2D eigenvalue weighted by Crippen LogP contribution is 2.17. The molecule has 1 N–H and O–H groups in total. The fraction of sp³-hybridized carbons (Fsp3) is 0.316. The Morgan fingerprint density at radius 2 is 1.88 bits per heavy atom. The molecule has 1 fully saturated rings. The molecule has 24 heavy (non-hydrogen) atoms.